The van der Waals surface area contributed by atoms with Gasteiger partial charge in [0, 0.05) is 12.2 Å². The van der Waals surface area contributed by atoms with Crippen molar-refractivity contribution in [3.63, 3.8) is 0 Å². The number of hydrazine groups is 1. The van der Waals surface area contributed by atoms with Gasteiger partial charge in [-0.1, -0.05) is 18.2 Å². The second-order valence-corrected chi connectivity index (χ2v) is 3.70. The Bertz CT molecular complexity index is 418. The summed E-state index contributed by atoms with van der Waals surface area (Å²) < 4.78 is 5.42. The molecule has 7 nitrogen and oxygen atoms in total. The molecule has 1 aromatic carbocycles. The maximum absolute atomic E-state index is 9.55. The number of carboxylic acids is 2. The molecule has 110 valence electrons. The van der Waals surface area contributed by atoms with Crippen molar-refractivity contribution in [3.8, 4) is 5.75 Å². The van der Waals surface area contributed by atoms with Crippen LogP contribution in [-0.2, 0) is 9.59 Å². The zero-order valence-electron chi connectivity index (χ0n) is 11.0. The highest BCUT2D eigenvalue weighted by molar-refractivity contribution is 5.89. The Morgan fingerprint density at radius 1 is 1.25 bits per heavy atom. The first-order valence-corrected chi connectivity index (χ1v) is 5.73. The zero-order chi connectivity index (χ0) is 15.4. The molecule has 1 rings (SSSR count). The van der Waals surface area contributed by atoms with Crippen molar-refractivity contribution < 1.29 is 24.5 Å². The third-order valence-electron chi connectivity index (χ3n) is 1.90. The highest BCUT2D eigenvalue weighted by Gasteiger charge is 1.98. The van der Waals surface area contributed by atoms with Gasteiger partial charge in [0.1, 0.15) is 12.4 Å². The van der Waals surface area contributed by atoms with Crippen molar-refractivity contribution in [1.82, 2.24) is 5.43 Å². The van der Waals surface area contributed by atoms with E-state index in [2.05, 4.69) is 5.43 Å². The summed E-state index contributed by atoms with van der Waals surface area (Å²) in [5.41, 5.74) is 2.61. The van der Waals surface area contributed by atoms with Gasteiger partial charge in [-0.25, -0.2) is 9.59 Å². The van der Waals surface area contributed by atoms with Gasteiger partial charge in [0.2, 0.25) is 0 Å². The van der Waals surface area contributed by atoms with Crippen molar-refractivity contribution in [1.29, 1.82) is 0 Å². The van der Waals surface area contributed by atoms with Crippen LogP contribution in [-0.4, -0.2) is 34.8 Å². The van der Waals surface area contributed by atoms with Crippen LogP contribution in [0.25, 0.3) is 0 Å². The van der Waals surface area contributed by atoms with E-state index in [1.54, 1.807) is 0 Å². The molecular formula is C13H18N2O5. The van der Waals surface area contributed by atoms with Gasteiger partial charge >= 0.3 is 11.9 Å². The second kappa shape index (κ2) is 10.5. The van der Waals surface area contributed by atoms with E-state index in [4.69, 9.17) is 20.8 Å². The van der Waals surface area contributed by atoms with E-state index in [0.29, 0.717) is 18.8 Å². The number of carbonyl (C=O) groups is 2. The monoisotopic (exact) mass is 282 g/mol. The molecule has 0 aliphatic carbocycles. The molecule has 7 heteroatoms. The first kappa shape index (κ1) is 17.6. The van der Waals surface area contributed by atoms with Gasteiger partial charge in [-0.3, -0.25) is 11.3 Å². The Morgan fingerprint density at radius 3 is 2.15 bits per heavy atom. The molecule has 5 N–H and O–H groups in total. The summed E-state index contributed by atoms with van der Waals surface area (Å²) in [5, 5.41) is 15.6. The smallest absolute Gasteiger partial charge is 0.328 e. The van der Waals surface area contributed by atoms with E-state index in [1.165, 1.54) is 0 Å². The lowest BCUT2D eigenvalue weighted by atomic mass is 10.3. The van der Waals surface area contributed by atoms with Crippen molar-refractivity contribution in [3.05, 3.63) is 42.5 Å². The number of nitrogens with one attached hydrogen (secondary N) is 1. The Balaban J connectivity index is 0.000000396. The summed E-state index contributed by atoms with van der Waals surface area (Å²) in [6, 6.07) is 9.85. The first-order chi connectivity index (χ1) is 9.45. The normalized spacial score (nSPS) is 11.3. The summed E-state index contributed by atoms with van der Waals surface area (Å²) in [6.45, 7) is 2.55. The molecule has 0 aliphatic heterocycles. The molecule has 0 heterocycles. The average molecular weight is 282 g/mol. The third-order valence-corrected chi connectivity index (χ3v) is 1.90. The molecular weight excluding hydrogens is 264 g/mol. The predicted molar refractivity (Wildman–Crippen MR) is 73.1 cm³/mol. The van der Waals surface area contributed by atoms with Crippen molar-refractivity contribution in [2.45, 2.75) is 13.0 Å². The quantitative estimate of drug-likeness (QED) is 0.343. The Kier molecular flexibility index (Phi) is 9.28. The summed E-state index contributed by atoms with van der Waals surface area (Å²) in [6.07, 6.45) is 1.12. The molecule has 1 unspecified atom stereocenters. The summed E-state index contributed by atoms with van der Waals surface area (Å²) in [5.74, 6) is 3.57. The predicted octanol–water partition coefficient (Wildman–Crippen LogP) is 0.629. The van der Waals surface area contributed by atoms with E-state index in [-0.39, 0.29) is 6.04 Å². The number of para-hydroxylation sites is 1. The van der Waals surface area contributed by atoms with Gasteiger partial charge in [-0.05, 0) is 19.1 Å². The van der Waals surface area contributed by atoms with Crippen LogP contribution in [0.1, 0.15) is 6.92 Å². The minimum atomic E-state index is -1.26. The number of nitrogens with two attached hydrogens (primary N) is 1. The number of carboxylic acid groups (broad SMARTS) is 2. The fourth-order valence-electron chi connectivity index (χ4n) is 0.929. The number of benzene rings is 1. The van der Waals surface area contributed by atoms with E-state index in [9.17, 15) is 9.59 Å². The van der Waals surface area contributed by atoms with Gasteiger partial charge in [0.25, 0.3) is 0 Å². The molecule has 0 radical (unpaired) electrons. The molecule has 0 aliphatic rings. The lowest BCUT2D eigenvalue weighted by Gasteiger charge is -2.11. The number of ether oxygens (including phenoxy) is 1. The topological polar surface area (TPSA) is 122 Å². The lowest BCUT2D eigenvalue weighted by Crippen LogP contribution is -2.36. The van der Waals surface area contributed by atoms with Gasteiger partial charge in [-0.2, -0.15) is 0 Å². The number of hydrogen-bond donors (Lipinski definition) is 4. The molecule has 20 heavy (non-hydrogen) atoms. The second-order valence-electron chi connectivity index (χ2n) is 3.70. The van der Waals surface area contributed by atoms with E-state index < -0.39 is 11.9 Å². The molecule has 0 saturated carbocycles. The van der Waals surface area contributed by atoms with Crippen LogP contribution in [0.2, 0.25) is 0 Å². The van der Waals surface area contributed by atoms with E-state index in [1.807, 2.05) is 37.3 Å². The minimum absolute atomic E-state index is 0.171. The fourth-order valence-corrected chi connectivity index (χ4v) is 0.929. The minimum Gasteiger partial charge on any atom is -0.492 e. The molecule has 0 saturated heterocycles. The number of aliphatic carboxylic acids is 2. The molecule has 0 fully saturated rings. The van der Waals surface area contributed by atoms with E-state index >= 15 is 0 Å². The average Bonchev–Trinajstić information content (AvgIpc) is 2.44. The largest absolute Gasteiger partial charge is 0.492 e. The van der Waals surface area contributed by atoms with Gasteiger partial charge in [-0.15, -0.1) is 0 Å². The maximum Gasteiger partial charge on any atom is 0.328 e. The molecule has 0 bridgehead atoms. The highest BCUT2D eigenvalue weighted by atomic mass is 16.5. The van der Waals surface area contributed by atoms with E-state index in [0.717, 1.165) is 5.75 Å². The van der Waals surface area contributed by atoms with Crippen molar-refractivity contribution in [2.24, 2.45) is 5.84 Å². The van der Waals surface area contributed by atoms with Gasteiger partial charge in [0.05, 0.1) is 6.04 Å². The summed E-state index contributed by atoms with van der Waals surface area (Å²) >= 11 is 0. The Morgan fingerprint density at radius 2 is 1.75 bits per heavy atom. The molecule has 1 aromatic rings. The Labute approximate surface area is 116 Å². The molecule has 0 spiro atoms. The lowest BCUT2D eigenvalue weighted by molar-refractivity contribution is -0.134. The van der Waals surface area contributed by atoms with Crippen LogP contribution in [0.3, 0.4) is 0 Å². The van der Waals surface area contributed by atoms with Crippen LogP contribution in [0.5, 0.6) is 5.75 Å². The highest BCUT2D eigenvalue weighted by Crippen LogP contribution is 2.07. The zero-order valence-corrected chi connectivity index (χ0v) is 11.0. The van der Waals surface area contributed by atoms with Gasteiger partial charge in [0.15, 0.2) is 0 Å². The van der Waals surface area contributed by atoms with Crippen LogP contribution in [0.15, 0.2) is 42.5 Å². The van der Waals surface area contributed by atoms with Crippen LogP contribution >= 0.6 is 0 Å². The molecule has 0 aromatic heterocycles. The van der Waals surface area contributed by atoms with Crippen molar-refractivity contribution in [2.75, 3.05) is 6.61 Å². The standard InChI is InChI=1S/C9H14N2O.C4H4O4/c1-8(11-10)7-12-9-5-3-2-4-6-9;5-3(6)1-2-4(7)8/h2-6,8,11H,7,10H2,1H3;1-2H,(H,5,6)(H,7,8)/b;2-1-. The number of rotatable bonds is 6. The first-order valence-electron chi connectivity index (χ1n) is 5.73. The summed E-state index contributed by atoms with van der Waals surface area (Å²) in [7, 11) is 0. The van der Waals surface area contributed by atoms with Crippen LogP contribution in [0, 0.1) is 0 Å². The summed E-state index contributed by atoms with van der Waals surface area (Å²) in [4.78, 5) is 19.1. The van der Waals surface area contributed by atoms with Crippen LogP contribution < -0.4 is 16.0 Å². The maximum atomic E-state index is 9.55. The van der Waals surface area contributed by atoms with Gasteiger partial charge < -0.3 is 14.9 Å². The molecule has 0 amide bonds. The Hall–Kier alpha value is -2.38. The number of hydrogen-bond acceptors (Lipinski definition) is 5. The van der Waals surface area contributed by atoms with Crippen molar-refractivity contribution >= 4 is 11.9 Å². The SMILES string of the molecule is CC(COc1ccccc1)NN.O=C(O)/C=C\C(=O)O. The molecule has 1 atom stereocenters. The fraction of sp³-hybridized carbons (Fsp3) is 0.231. The third kappa shape index (κ3) is 10.8. The van der Waals surface area contributed by atoms with Crippen LogP contribution in [0.4, 0.5) is 0 Å².